The summed E-state index contributed by atoms with van der Waals surface area (Å²) in [7, 11) is 1.44. The van der Waals surface area contributed by atoms with Crippen molar-refractivity contribution in [3.63, 3.8) is 0 Å². The Morgan fingerprint density at radius 3 is 2.46 bits per heavy atom. The fourth-order valence-corrected chi connectivity index (χ4v) is 5.25. The van der Waals surface area contributed by atoms with E-state index in [0.29, 0.717) is 49.8 Å². The summed E-state index contributed by atoms with van der Waals surface area (Å²) in [6.07, 6.45) is 1.69. The van der Waals surface area contributed by atoms with Crippen molar-refractivity contribution in [2.75, 3.05) is 26.9 Å². The van der Waals surface area contributed by atoms with Gasteiger partial charge in [-0.15, -0.1) is 0 Å². The van der Waals surface area contributed by atoms with Crippen LogP contribution in [0.3, 0.4) is 0 Å². The summed E-state index contributed by atoms with van der Waals surface area (Å²) in [6, 6.07) is 11.4. The average Bonchev–Trinajstić information content (AvgIpc) is 3.21. The second-order valence-corrected chi connectivity index (χ2v) is 9.41. The number of fused-ring (bicyclic) bond motifs is 1. The Morgan fingerprint density at radius 2 is 1.82 bits per heavy atom. The van der Waals surface area contributed by atoms with E-state index < -0.39 is 24.6 Å². The van der Waals surface area contributed by atoms with Crippen molar-refractivity contribution in [1.29, 1.82) is 0 Å². The summed E-state index contributed by atoms with van der Waals surface area (Å²) in [4.78, 5) is 42.7. The van der Waals surface area contributed by atoms with Gasteiger partial charge in [0.05, 0.1) is 42.2 Å². The molecule has 1 aliphatic heterocycles. The van der Waals surface area contributed by atoms with E-state index in [4.69, 9.17) is 24.1 Å². The predicted octanol–water partition coefficient (Wildman–Crippen LogP) is 2.67. The van der Waals surface area contributed by atoms with Crippen LogP contribution in [0.25, 0.3) is 6.08 Å². The Balaban J connectivity index is 1.83. The number of methoxy groups -OCH3 is 1. The van der Waals surface area contributed by atoms with Crippen LogP contribution >= 0.6 is 11.3 Å². The van der Waals surface area contributed by atoms with Gasteiger partial charge in [0.2, 0.25) is 0 Å². The molecule has 2 aromatic carbocycles. The van der Waals surface area contributed by atoms with Crippen molar-refractivity contribution in [2.45, 2.75) is 26.8 Å². The number of esters is 1. The Kier molecular flexibility index (Phi) is 8.50. The zero-order chi connectivity index (χ0) is 28.1. The number of benzene rings is 2. The number of carboxylic acid groups (broad SMARTS) is 1. The van der Waals surface area contributed by atoms with Crippen molar-refractivity contribution >= 4 is 29.4 Å². The summed E-state index contributed by atoms with van der Waals surface area (Å²) < 4.78 is 23.4. The molecular formula is C28H28N2O8S. The van der Waals surface area contributed by atoms with Crippen LogP contribution in [-0.2, 0) is 14.3 Å². The summed E-state index contributed by atoms with van der Waals surface area (Å²) in [6.45, 7) is 5.53. The molecule has 2 heterocycles. The highest BCUT2D eigenvalue weighted by atomic mass is 32.1. The van der Waals surface area contributed by atoms with Crippen LogP contribution in [0.5, 0.6) is 17.2 Å². The number of carboxylic acids is 1. The van der Waals surface area contributed by atoms with Gasteiger partial charge in [0, 0.05) is 0 Å². The van der Waals surface area contributed by atoms with Gasteiger partial charge in [-0.05, 0) is 62.2 Å². The molecule has 1 N–H and O–H groups in total. The standard InChI is InChI=1S/C28H28N2O8S/c1-5-36-19-10-8-18(9-11-19)25-24(27(34)37-6-2)16(3)29-28-30(25)26(33)22(39-28)14-17-7-12-20(21(13-17)35-4)38-15-23(31)32/h7-14,25H,5-6,15H2,1-4H3,(H,31,32)/b22-14+. The first kappa shape index (κ1) is 27.6. The molecule has 0 spiro atoms. The molecule has 1 unspecified atom stereocenters. The number of aromatic nitrogens is 1. The van der Waals surface area contributed by atoms with Crippen molar-refractivity contribution in [1.82, 2.24) is 4.57 Å². The molecule has 1 aromatic heterocycles. The van der Waals surface area contributed by atoms with Gasteiger partial charge >= 0.3 is 11.9 Å². The van der Waals surface area contributed by atoms with Crippen molar-refractivity contribution < 1.29 is 33.6 Å². The molecular weight excluding hydrogens is 524 g/mol. The molecule has 11 heteroatoms. The molecule has 39 heavy (non-hydrogen) atoms. The van der Waals surface area contributed by atoms with E-state index >= 15 is 0 Å². The topological polar surface area (TPSA) is 126 Å². The van der Waals surface area contributed by atoms with Crippen LogP contribution in [0.1, 0.15) is 37.9 Å². The molecule has 1 atom stereocenters. The Hall–Kier alpha value is -4.38. The molecule has 0 saturated heterocycles. The first-order valence-corrected chi connectivity index (χ1v) is 13.0. The predicted molar refractivity (Wildman–Crippen MR) is 144 cm³/mol. The van der Waals surface area contributed by atoms with Crippen LogP contribution in [0.15, 0.2) is 63.5 Å². The lowest BCUT2D eigenvalue weighted by molar-refractivity contribution is -0.140. The molecule has 0 amide bonds. The first-order chi connectivity index (χ1) is 18.8. The third kappa shape index (κ3) is 5.88. The number of aliphatic carboxylic acids is 1. The summed E-state index contributed by atoms with van der Waals surface area (Å²) in [5.41, 5.74) is 1.80. The molecule has 4 rings (SSSR count). The van der Waals surface area contributed by atoms with Crippen LogP contribution in [0.2, 0.25) is 0 Å². The van der Waals surface area contributed by atoms with E-state index in [1.54, 1.807) is 50.3 Å². The van der Waals surface area contributed by atoms with Gasteiger partial charge in [-0.3, -0.25) is 9.36 Å². The fourth-order valence-electron chi connectivity index (χ4n) is 4.20. The zero-order valence-electron chi connectivity index (χ0n) is 21.9. The number of rotatable bonds is 10. The minimum atomic E-state index is -1.11. The number of carbonyl (C=O) groups is 2. The molecule has 0 saturated carbocycles. The number of hydrogen-bond acceptors (Lipinski definition) is 9. The van der Waals surface area contributed by atoms with E-state index in [2.05, 4.69) is 4.99 Å². The third-order valence-electron chi connectivity index (χ3n) is 5.86. The summed E-state index contributed by atoms with van der Waals surface area (Å²) in [5, 5.41) is 8.89. The fraction of sp³-hybridized carbons (Fsp3) is 0.286. The number of hydrogen-bond donors (Lipinski definition) is 1. The SMILES string of the molecule is CCOC(=O)C1=C(C)N=c2s/c(=C/c3ccc(OCC(=O)O)c(OC)c3)c(=O)n2C1c1ccc(OCC)cc1. The highest BCUT2D eigenvalue weighted by Crippen LogP contribution is 2.32. The molecule has 10 nitrogen and oxygen atoms in total. The summed E-state index contributed by atoms with van der Waals surface area (Å²) in [5.74, 6) is -0.374. The minimum Gasteiger partial charge on any atom is -0.494 e. The maximum Gasteiger partial charge on any atom is 0.341 e. The Morgan fingerprint density at radius 1 is 1.08 bits per heavy atom. The van der Waals surface area contributed by atoms with E-state index in [-0.39, 0.29) is 17.9 Å². The number of nitrogens with zero attached hydrogens (tertiary/aromatic N) is 2. The van der Waals surface area contributed by atoms with Crippen LogP contribution in [0, 0.1) is 0 Å². The van der Waals surface area contributed by atoms with E-state index in [0.717, 1.165) is 0 Å². The molecule has 0 radical (unpaired) electrons. The smallest absolute Gasteiger partial charge is 0.341 e. The van der Waals surface area contributed by atoms with E-state index in [9.17, 15) is 14.4 Å². The highest BCUT2D eigenvalue weighted by molar-refractivity contribution is 7.07. The van der Waals surface area contributed by atoms with Gasteiger partial charge in [0.25, 0.3) is 5.56 Å². The first-order valence-electron chi connectivity index (χ1n) is 12.2. The molecule has 3 aromatic rings. The minimum absolute atomic E-state index is 0.185. The Bertz CT molecular complexity index is 1600. The largest absolute Gasteiger partial charge is 0.494 e. The van der Waals surface area contributed by atoms with Gasteiger partial charge in [0.1, 0.15) is 5.75 Å². The van der Waals surface area contributed by atoms with Gasteiger partial charge in [-0.2, -0.15) is 0 Å². The van der Waals surface area contributed by atoms with Crippen LogP contribution in [-0.4, -0.2) is 48.5 Å². The van der Waals surface area contributed by atoms with Crippen LogP contribution < -0.4 is 29.1 Å². The van der Waals surface area contributed by atoms with Crippen molar-refractivity contribution in [3.8, 4) is 17.2 Å². The second kappa shape index (κ2) is 12.0. The quantitative estimate of drug-likeness (QED) is 0.381. The van der Waals surface area contributed by atoms with Gasteiger partial charge in [-0.1, -0.05) is 29.5 Å². The van der Waals surface area contributed by atoms with E-state index in [1.165, 1.54) is 23.0 Å². The van der Waals surface area contributed by atoms with Crippen LogP contribution in [0.4, 0.5) is 0 Å². The molecule has 204 valence electrons. The molecule has 0 aliphatic carbocycles. The lowest BCUT2D eigenvalue weighted by Crippen LogP contribution is -2.39. The van der Waals surface area contributed by atoms with Gasteiger partial charge in [-0.25, -0.2) is 14.6 Å². The lowest BCUT2D eigenvalue weighted by Gasteiger charge is -2.24. The number of allylic oxidation sites excluding steroid dienone is 1. The normalized spacial score (nSPS) is 14.9. The molecule has 0 fully saturated rings. The molecule has 1 aliphatic rings. The Labute approximate surface area is 228 Å². The van der Waals surface area contributed by atoms with Crippen molar-refractivity contribution in [3.05, 3.63) is 84.5 Å². The number of thiazole rings is 1. The highest BCUT2D eigenvalue weighted by Gasteiger charge is 2.33. The third-order valence-corrected chi connectivity index (χ3v) is 6.84. The molecule has 0 bridgehead atoms. The van der Waals surface area contributed by atoms with E-state index in [1.807, 2.05) is 19.1 Å². The number of carbonyl (C=O) groups excluding carboxylic acids is 1. The van der Waals surface area contributed by atoms with Crippen molar-refractivity contribution in [2.24, 2.45) is 4.99 Å². The average molecular weight is 553 g/mol. The van der Waals surface area contributed by atoms with Gasteiger partial charge in [0.15, 0.2) is 22.9 Å². The van der Waals surface area contributed by atoms with Gasteiger partial charge < -0.3 is 24.1 Å². The second-order valence-electron chi connectivity index (χ2n) is 8.40. The maximum atomic E-state index is 13.8. The monoisotopic (exact) mass is 552 g/mol. The lowest BCUT2D eigenvalue weighted by atomic mass is 9.96. The zero-order valence-corrected chi connectivity index (χ0v) is 22.7. The number of ether oxygens (including phenoxy) is 4. The maximum absolute atomic E-state index is 13.8. The summed E-state index contributed by atoms with van der Waals surface area (Å²) >= 11 is 1.20.